The first-order valence-electron chi connectivity index (χ1n) is 26.1. The van der Waals surface area contributed by atoms with Crippen LogP contribution < -0.4 is 4.90 Å². The Kier molecular flexibility index (Phi) is 20.8. The van der Waals surface area contributed by atoms with E-state index in [4.69, 9.17) is 28.5 Å². The molecule has 27 nitrogen and oxygen atoms in total. The Morgan fingerprint density at radius 1 is 0.624 bits per heavy atom. The summed E-state index contributed by atoms with van der Waals surface area (Å²) in [4.78, 5) is 38.6. The van der Waals surface area contributed by atoms with E-state index in [0.717, 1.165) is 12.1 Å². The fraction of sp³-hybridized carbons (Fsp3) is 0.434. The van der Waals surface area contributed by atoms with E-state index in [0.29, 0.717) is 51.1 Å². The van der Waals surface area contributed by atoms with Crippen LogP contribution in [0.4, 0.5) is 11.4 Å². The molecular weight excluding hydrogens is 1220 g/mol. The van der Waals surface area contributed by atoms with Crippen LogP contribution in [0.5, 0.6) is 0 Å². The Bertz CT molecular complexity index is 3990. The largest absolute Gasteiger partial charge is 0.378 e. The van der Waals surface area contributed by atoms with Crippen LogP contribution in [-0.2, 0) is 104 Å². The third-order valence-electron chi connectivity index (χ3n) is 14.3. The quantitative estimate of drug-likeness (QED) is 0.0158. The van der Waals surface area contributed by atoms with Gasteiger partial charge in [0, 0.05) is 71.8 Å². The Hall–Kier alpha value is -5.95. The zero-order valence-electron chi connectivity index (χ0n) is 46.4. The molecule has 4 aromatic carbocycles. The van der Waals surface area contributed by atoms with E-state index in [9.17, 15) is 79.2 Å². The molecule has 0 aliphatic carbocycles. The van der Waals surface area contributed by atoms with Crippen LogP contribution in [0.2, 0.25) is 0 Å². The third-order valence-corrected chi connectivity index (χ3v) is 18.6. The zero-order chi connectivity index (χ0) is 62.5. The maximum Gasteiger partial charge on any atom is 0.335 e. The molecule has 0 bridgehead atoms. The third kappa shape index (κ3) is 15.6. The second kappa shape index (κ2) is 26.6. The van der Waals surface area contributed by atoms with Crippen LogP contribution in [0.15, 0.2) is 104 Å². The first kappa shape index (κ1) is 66.6. The average Bonchev–Trinajstić information content (AvgIpc) is 1.65. The van der Waals surface area contributed by atoms with Gasteiger partial charge in [-0.2, -0.15) is 46.7 Å². The molecule has 4 aromatic rings. The van der Waals surface area contributed by atoms with Crippen molar-refractivity contribution in [2.45, 2.75) is 83.3 Å². The van der Waals surface area contributed by atoms with Gasteiger partial charge < -0.3 is 33.4 Å². The second-order valence-corrected chi connectivity index (χ2v) is 27.6. The molecule has 3 aliphatic rings. The molecule has 7 rings (SSSR count). The summed E-state index contributed by atoms with van der Waals surface area (Å²) in [6.45, 7) is 6.75. The maximum absolute atomic E-state index is 12.7. The normalized spacial score (nSPS) is 18.2. The molecule has 85 heavy (non-hydrogen) atoms. The van der Waals surface area contributed by atoms with Gasteiger partial charge in [-0.25, -0.2) is 4.79 Å². The summed E-state index contributed by atoms with van der Waals surface area (Å²) < 4.78 is 206. The standard InChI is InChI=1S/C53H63N3O24S5/c1-52(2)45(9-6-5-7-10-46-53(3,18-8-30-81(60,61)62)51-40-32-36(83(66,67)68)34-44(85(72,73)74)38(40)12-14-42(51)55(46)19-22-75-4)54(41-13-11-37-39(50(41)52)31-35(82(63,64)65)33-43(37)84(69,70)71)20-23-77-25-27-79-29-28-78-26-24-76-21-17-49(59)80-56-47(57)15-16-48(56)58/h5-7,9-14,31-34H,8,15-30H2,1-4H3,(H4-,60,61,62,63,64,65,66,67,68,69,70,71,72,73,74)/p+1. The van der Waals surface area contributed by atoms with Gasteiger partial charge in [-0.3, -0.25) is 32.4 Å². The molecule has 1 atom stereocenters. The number of amides is 2. The summed E-state index contributed by atoms with van der Waals surface area (Å²) in [6.07, 6.45) is 7.93. The van der Waals surface area contributed by atoms with E-state index in [-0.39, 0.29) is 126 Å². The SMILES string of the molecule is COCC[N+]1=C(/C=C/C=C/C=C2/N(CCOCCOCCOCCOCCC(=O)ON3C(=O)CCC3=O)c3ccc4c(S(=O)(=O)O)cc(S(=O)(=O)O)cc4c3C2(C)C)C(C)(CCCS(=O)(=O)O)c2c1ccc1c(S(=O)(=O)O)cc(S(=O)(=O)O)cc21. The lowest BCUT2D eigenvalue weighted by Crippen LogP contribution is -2.32. The minimum absolute atomic E-state index is 0.0127. The number of carbonyl (C=O) groups is 3. The highest BCUT2D eigenvalue weighted by Gasteiger charge is 2.49. The van der Waals surface area contributed by atoms with Crippen molar-refractivity contribution in [2.75, 3.05) is 90.3 Å². The Balaban J connectivity index is 1.13. The van der Waals surface area contributed by atoms with E-state index in [2.05, 4.69) is 0 Å². The van der Waals surface area contributed by atoms with Crippen molar-refractivity contribution in [3.63, 3.8) is 0 Å². The molecular formula is C53H64N3O24S5+. The number of ether oxygens (including phenoxy) is 5. The van der Waals surface area contributed by atoms with Gasteiger partial charge >= 0.3 is 5.97 Å². The first-order valence-corrected chi connectivity index (χ1v) is 33.5. The molecule has 32 heteroatoms. The molecule has 5 N–H and O–H groups in total. The number of carbonyl (C=O) groups excluding carboxylic acids is 3. The number of nitrogens with zero attached hydrogens (tertiary/aromatic N) is 3. The minimum Gasteiger partial charge on any atom is -0.378 e. The Morgan fingerprint density at radius 2 is 1.14 bits per heavy atom. The van der Waals surface area contributed by atoms with Crippen LogP contribution >= 0.6 is 0 Å². The van der Waals surface area contributed by atoms with Gasteiger partial charge in [0.25, 0.3) is 62.4 Å². The van der Waals surface area contributed by atoms with Crippen LogP contribution in [-0.4, -0.2) is 183 Å². The van der Waals surface area contributed by atoms with E-state index >= 15 is 0 Å². The number of hydrogen-bond donors (Lipinski definition) is 5. The number of hydroxylamine groups is 2. The smallest absolute Gasteiger partial charge is 0.335 e. The topological polar surface area (TPSA) is 388 Å². The van der Waals surface area contributed by atoms with Crippen molar-refractivity contribution in [3.8, 4) is 0 Å². The number of anilines is 1. The predicted octanol–water partition coefficient (Wildman–Crippen LogP) is 4.51. The number of fused-ring (bicyclic) bond motifs is 6. The molecule has 0 radical (unpaired) electrons. The minimum atomic E-state index is -5.12. The van der Waals surface area contributed by atoms with Crippen molar-refractivity contribution in [1.82, 2.24) is 5.06 Å². The highest BCUT2D eigenvalue weighted by molar-refractivity contribution is 7.87. The number of hydrogen-bond acceptors (Lipinski definition) is 20. The van der Waals surface area contributed by atoms with Gasteiger partial charge in [0.05, 0.1) is 80.2 Å². The van der Waals surface area contributed by atoms with E-state index in [1.54, 1.807) is 67.9 Å². The summed E-state index contributed by atoms with van der Waals surface area (Å²) >= 11 is 0. The highest BCUT2D eigenvalue weighted by Crippen LogP contribution is 2.52. The monoisotopic (exact) mass is 1290 g/mol. The zero-order valence-corrected chi connectivity index (χ0v) is 50.5. The fourth-order valence-corrected chi connectivity index (χ4v) is 13.8. The summed E-state index contributed by atoms with van der Waals surface area (Å²) in [5, 5.41) is 0.380. The maximum atomic E-state index is 12.7. The molecule has 1 fully saturated rings. The van der Waals surface area contributed by atoms with Crippen molar-refractivity contribution in [3.05, 3.63) is 95.7 Å². The van der Waals surface area contributed by atoms with E-state index < -0.39 is 105 Å². The van der Waals surface area contributed by atoms with Gasteiger partial charge in [0.1, 0.15) is 16.4 Å². The number of imide groups is 1. The summed E-state index contributed by atoms with van der Waals surface area (Å²) in [5.41, 5.74) is 0.302. The predicted molar refractivity (Wildman–Crippen MR) is 304 cm³/mol. The van der Waals surface area contributed by atoms with Crippen molar-refractivity contribution >= 4 is 107 Å². The van der Waals surface area contributed by atoms with Gasteiger partial charge in [-0.1, -0.05) is 38.1 Å². The number of benzene rings is 4. The van der Waals surface area contributed by atoms with Gasteiger partial charge in [-0.15, -0.1) is 5.06 Å². The van der Waals surface area contributed by atoms with Crippen LogP contribution in [0.25, 0.3) is 21.5 Å². The van der Waals surface area contributed by atoms with E-state index in [1.807, 2.05) is 4.90 Å². The summed E-state index contributed by atoms with van der Waals surface area (Å²) in [7, 11) is -23.3. The van der Waals surface area contributed by atoms with Crippen LogP contribution in [0, 0.1) is 0 Å². The highest BCUT2D eigenvalue weighted by atomic mass is 32.2. The molecule has 3 aliphatic heterocycles. The summed E-state index contributed by atoms with van der Waals surface area (Å²) in [6, 6.07) is 9.34. The van der Waals surface area contributed by atoms with Gasteiger partial charge in [-0.05, 0) is 78.6 Å². The second-order valence-electron chi connectivity index (χ2n) is 20.4. The average molecular weight is 1290 g/mol. The fourth-order valence-electron chi connectivity index (χ4n) is 10.6. The first-order chi connectivity index (χ1) is 39.7. The van der Waals surface area contributed by atoms with E-state index in [1.165, 1.54) is 19.2 Å². The lowest BCUT2D eigenvalue weighted by molar-refractivity contribution is -0.441. The van der Waals surface area contributed by atoms with Crippen molar-refractivity contribution in [2.24, 2.45) is 0 Å². The number of methoxy groups -OCH3 is 1. The van der Waals surface area contributed by atoms with Crippen molar-refractivity contribution < 1.29 is 112 Å². The number of rotatable bonds is 30. The van der Waals surface area contributed by atoms with Crippen LogP contribution in [0.3, 0.4) is 0 Å². The molecule has 2 amide bonds. The van der Waals surface area contributed by atoms with Gasteiger partial charge in [0.2, 0.25) is 5.69 Å². The molecule has 1 unspecified atom stereocenters. The molecule has 0 spiro atoms. The molecule has 1 saturated heterocycles. The number of allylic oxidation sites excluding steroid dienone is 6. The Labute approximate surface area is 491 Å². The molecule has 0 aromatic heterocycles. The lowest BCUT2D eigenvalue weighted by atomic mass is 9.74. The molecule has 464 valence electrons. The lowest BCUT2D eigenvalue weighted by Gasteiger charge is -2.27. The van der Waals surface area contributed by atoms with Gasteiger partial charge in [0.15, 0.2) is 12.3 Å². The van der Waals surface area contributed by atoms with Crippen molar-refractivity contribution in [1.29, 1.82) is 0 Å². The molecule has 3 heterocycles. The summed E-state index contributed by atoms with van der Waals surface area (Å²) in [5.74, 6) is -2.65. The van der Waals surface area contributed by atoms with Crippen LogP contribution in [0.1, 0.15) is 64.0 Å². The Morgan fingerprint density at radius 3 is 1.66 bits per heavy atom. The molecule has 0 saturated carbocycles.